The van der Waals surface area contributed by atoms with Crippen molar-refractivity contribution in [1.82, 2.24) is 9.55 Å². The van der Waals surface area contributed by atoms with Gasteiger partial charge in [-0.05, 0) is 31.5 Å². The molecule has 0 unspecified atom stereocenters. The minimum absolute atomic E-state index is 0.755. The number of rotatable bonds is 3. The molecule has 2 heterocycles. The summed E-state index contributed by atoms with van der Waals surface area (Å²) >= 11 is 0. The standard InChI is InChI=1S/C14H15N3/c1-3-8-17-11(2)13(10-15)9-14(17)12-4-6-16-7-5-12/h4-7,9H,3,8H2,1-2H3. The molecule has 0 saturated heterocycles. The first-order valence-electron chi connectivity index (χ1n) is 5.78. The van der Waals surface area contributed by atoms with Crippen LogP contribution < -0.4 is 0 Å². The van der Waals surface area contributed by atoms with Gasteiger partial charge in [-0.3, -0.25) is 4.98 Å². The first kappa shape index (κ1) is 11.4. The summed E-state index contributed by atoms with van der Waals surface area (Å²) < 4.78 is 2.20. The quantitative estimate of drug-likeness (QED) is 0.805. The van der Waals surface area contributed by atoms with Gasteiger partial charge in [-0.25, -0.2) is 0 Å². The zero-order chi connectivity index (χ0) is 12.3. The monoisotopic (exact) mass is 225 g/mol. The van der Waals surface area contributed by atoms with E-state index < -0.39 is 0 Å². The second kappa shape index (κ2) is 4.84. The van der Waals surface area contributed by atoms with Crippen LogP contribution in [0.15, 0.2) is 30.6 Å². The highest BCUT2D eigenvalue weighted by molar-refractivity contribution is 5.63. The van der Waals surface area contributed by atoms with Gasteiger partial charge in [0.15, 0.2) is 0 Å². The lowest BCUT2D eigenvalue weighted by Crippen LogP contribution is -2.01. The summed E-state index contributed by atoms with van der Waals surface area (Å²) in [5.41, 5.74) is 4.01. The highest BCUT2D eigenvalue weighted by atomic mass is 15.0. The van der Waals surface area contributed by atoms with Gasteiger partial charge >= 0.3 is 0 Å². The fourth-order valence-electron chi connectivity index (χ4n) is 2.03. The van der Waals surface area contributed by atoms with Crippen LogP contribution >= 0.6 is 0 Å². The van der Waals surface area contributed by atoms with Crippen molar-refractivity contribution in [2.24, 2.45) is 0 Å². The highest BCUT2D eigenvalue weighted by Gasteiger charge is 2.12. The Bertz CT molecular complexity index is 547. The van der Waals surface area contributed by atoms with Gasteiger partial charge in [0, 0.05) is 35.9 Å². The Morgan fingerprint density at radius 3 is 2.65 bits per heavy atom. The second-order valence-electron chi connectivity index (χ2n) is 4.03. The summed E-state index contributed by atoms with van der Waals surface area (Å²) in [6.07, 6.45) is 4.61. The minimum Gasteiger partial charge on any atom is -0.344 e. The van der Waals surface area contributed by atoms with Gasteiger partial charge in [0.1, 0.15) is 6.07 Å². The molecule has 0 aromatic carbocycles. The van der Waals surface area contributed by atoms with E-state index in [-0.39, 0.29) is 0 Å². The molecule has 3 heteroatoms. The molecule has 0 fully saturated rings. The van der Waals surface area contributed by atoms with Crippen molar-refractivity contribution in [2.75, 3.05) is 0 Å². The molecule has 0 radical (unpaired) electrons. The summed E-state index contributed by atoms with van der Waals surface area (Å²) in [7, 11) is 0. The summed E-state index contributed by atoms with van der Waals surface area (Å²) in [4.78, 5) is 4.02. The number of aromatic nitrogens is 2. The lowest BCUT2D eigenvalue weighted by molar-refractivity contribution is 0.671. The van der Waals surface area contributed by atoms with E-state index in [0.29, 0.717) is 0 Å². The number of hydrogen-bond donors (Lipinski definition) is 0. The predicted molar refractivity (Wildman–Crippen MR) is 67.4 cm³/mol. The molecule has 2 aromatic rings. The van der Waals surface area contributed by atoms with Crippen molar-refractivity contribution >= 4 is 0 Å². The van der Waals surface area contributed by atoms with Crippen LogP contribution in [0.25, 0.3) is 11.3 Å². The summed E-state index contributed by atoms with van der Waals surface area (Å²) in [6, 6.07) is 8.15. The molecule has 2 aromatic heterocycles. The van der Waals surface area contributed by atoms with Crippen LogP contribution in [0.1, 0.15) is 24.6 Å². The fourth-order valence-corrected chi connectivity index (χ4v) is 2.03. The lowest BCUT2D eigenvalue weighted by Gasteiger charge is -2.10. The van der Waals surface area contributed by atoms with Crippen molar-refractivity contribution in [3.05, 3.63) is 41.9 Å². The van der Waals surface area contributed by atoms with Crippen molar-refractivity contribution in [1.29, 1.82) is 5.26 Å². The van der Waals surface area contributed by atoms with E-state index in [0.717, 1.165) is 35.5 Å². The zero-order valence-corrected chi connectivity index (χ0v) is 10.1. The normalized spacial score (nSPS) is 10.2. The molecule has 0 bridgehead atoms. The molecule has 86 valence electrons. The van der Waals surface area contributed by atoms with E-state index in [1.807, 2.05) is 25.1 Å². The average molecular weight is 225 g/mol. The van der Waals surface area contributed by atoms with Gasteiger partial charge in [-0.2, -0.15) is 5.26 Å². The van der Waals surface area contributed by atoms with Crippen molar-refractivity contribution in [3.8, 4) is 17.3 Å². The fraction of sp³-hybridized carbons (Fsp3) is 0.286. The predicted octanol–water partition coefficient (Wildman–Crippen LogP) is 3.14. The molecule has 17 heavy (non-hydrogen) atoms. The minimum atomic E-state index is 0.755. The van der Waals surface area contributed by atoms with E-state index in [1.165, 1.54) is 0 Å². The van der Waals surface area contributed by atoms with E-state index in [9.17, 15) is 0 Å². The van der Waals surface area contributed by atoms with Crippen LogP contribution in [0, 0.1) is 18.3 Å². The Labute approximate surface area is 101 Å². The molecule has 0 amide bonds. The number of pyridine rings is 1. The Balaban J connectivity index is 2.58. The maximum absolute atomic E-state index is 9.10. The van der Waals surface area contributed by atoms with Gasteiger partial charge < -0.3 is 4.57 Å². The van der Waals surface area contributed by atoms with E-state index in [2.05, 4.69) is 22.5 Å². The SMILES string of the molecule is CCCn1c(-c2ccncc2)cc(C#N)c1C. The molecule has 0 aliphatic heterocycles. The van der Waals surface area contributed by atoms with Crippen LogP contribution in [-0.2, 0) is 6.54 Å². The maximum atomic E-state index is 9.10. The number of hydrogen-bond acceptors (Lipinski definition) is 2. The Hall–Kier alpha value is -2.08. The van der Waals surface area contributed by atoms with E-state index in [4.69, 9.17) is 5.26 Å². The molecule has 0 saturated carbocycles. The van der Waals surface area contributed by atoms with Crippen LogP contribution in [0.4, 0.5) is 0 Å². The van der Waals surface area contributed by atoms with Gasteiger partial charge in [-0.15, -0.1) is 0 Å². The zero-order valence-electron chi connectivity index (χ0n) is 10.1. The maximum Gasteiger partial charge on any atom is 0.101 e. The molecule has 0 atom stereocenters. The van der Waals surface area contributed by atoms with Crippen LogP contribution in [0.5, 0.6) is 0 Å². The van der Waals surface area contributed by atoms with Crippen molar-refractivity contribution < 1.29 is 0 Å². The van der Waals surface area contributed by atoms with Gasteiger partial charge in [0.05, 0.1) is 5.56 Å². The van der Waals surface area contributed by atoms with Gasteiger partial charge in [-0.1, -0.05) is 6.92 Å². The van der Waals surface area contributed by atoms with Crippen molar-refractivity contribution in [3.63, 3.8) is 0 Å². The molecular weight excluding hydrogens is 210 g/mol. The van der Waals surface area contributed by atoms with Crippen LogP contribution in [0.2, 0.25) is 0 Å². The van der Waals surface area contributed by atoms with Crippen molar-refractivity contribution in [2.45, 2.75) is 26.8 Å². The molecular formula is C14H15N3. The third-order valence-corrected chi connectivity index (χ3v) is 2.91. The third-order valence-electron chi connectivity index (χ3n) is 2.91. The van der Waals surface area contributed by atoms with Crippen LogP contribution in [0.3, 0.4) is 0 Å². The van der Waals surface area contributed by atoms with Gasteiger partial charge in [0.2, 0.25) is 0 Å². The van der Waals surface area contributed by atoms with Crippen LogP contribution in [-0.4, -0.2) is 9.55 Å². The Morgan fingerprint density at radius 1 is 1.35 bits per heavy atom. The largest absolute Gasteiger partial charge is 0.344 e. The molecule has 2 rings (SSSR count). The average Bonchev–Trinajstić information content (AvgIpc) is 2.69. The Morgan fingerprint density at radius 2 is 2.06 bits per heavy atom. The summed E-state index contributed by atoms with van der Waals surface area (Å²) in [5, 5.41) is 9.10. The highest BCUT2D eigenvalue weighted by Crippen LogP contribution is 2.25. The number of nitriles is 1. The third kappa shape index (κ3) is 2.07. The molecule has 0 spiro atoms. The smallest absolute Gasteiger partial charge is 0.101 e. The molecule has 3 nitrogen and oxygen atoms in total. The van der Waals surface area contributed by atoms with Gasteiger partial charge in [0.25, 0.3) is 0 Å². The summed E-state index contributed by atoms with van der Waals surface area (Å²) in [5.74, 6) is 0. The summed E-state index contributed by atoms with van der Waals surface area (Å²) in [6.45, 7) is 5.08. The first-order valence-corrected chi connectivity index (χ1v) is 5.78. The molecule has 0 aliphatic carbocycles. The molecule has 0 N–H and O–H groups in total. The van der Waals surface area contributed by atoms with E-state index in [1.54, 1.807) is 12.4 Å². The number of nitrogens with zero attached hydrogens (tertiary/aromatic N) is 3. The first-order chi connectivity index (χ1) is 8.27. The Kier molecular flexibility index (Phi) is 3.24. The second-order valence-corrected chi connectivity index (χ2v) is 4.03. The topological polar surface area (TPSA) is 41.6 Å². The molecule has 0 aliphatic rings. The lowest BCUT2D eigenvalue weighted by atomic mass is 10.2. The van der Waals surface area contributed by atoms with E-state index >= 15 is 0 Å².